The van der Waals surface area contributed by atoms with E-state index < -0.39 is 6.04 Å². The lowest BCUT2D eigenvalue weighted by Gasteiger charge is -2.32. The fourth-order valence-electron chi connectivity index (χ4n) is 2.30. The average Bonchev–Trinajstić information content (AvgIpc) is 2.43. The molecule has 0 bridgehead atoms. The summed E-state index contributed by atoms with van der Waals surface area (Å²) in [7, 11) is 0. The molecule has 1 aromatic heterocycles. The Hall–Kier alpha value is -1.91. The summed E-state index contributed by atoms with van der Waals surface area (Å²) in [6, 6.07) is 3.51. The summed E-state index contributed by atoms with van der Waals surface area (Å²) in [4.78, 5) is 29.7. The smallest absolute Gasteiger partial charge is 0.245 e. The molecule has 1 fully saturated rings. The third kappa shape index (κ3) is 2.92. The molecular weight excluding hydrogens is 242 g/mol. The number of aromatic nitrogens is 1. The fraction of sp³-hybridized carbons (Fsp3) is 0.500. The van der Waals surface area contributed by atoms with E-state index in [1.165, 1.54) is 0 Å². The van der Waals surface area contributed by atoms with Crippen LogP contribution in [0.15, 0.2) is 18.3 Å². The SMILES string of the molecule is CCc1cccnc1CN1CC(=O)NC(CC)C1=O. The van der Waals surface area contributed by atoms with Gasteiger partial charge in [0, 0.05) is 6.20 Å². The van der Waals surface area contributed by atoms with Gasteiger partial charge in [0.15, 0.2) is 0 Å². The molecular formula is C14H19N3O2. The number of amides is 2. The maximum absolute atomic E-state index is 12.2. The second kappa shape index (κ2) is 5.82. The minimum absolute atomic E-state index is 0.0187. The van der Waals surface area contributed by atoms with Crippen molar-refractivity contribution in [1.82, 2.24) is 15.2 Å². The Kier molecular flexibility index (Phi) is 4.14. The van der Waals surface area contributed by atoms with Crippen LogP contribution >= 0.6 is 0 Å². The molecule has 1 aliphatic heterocycles. The summed E-state index contributed by atoms with van der Waals surface area (Å²) in [6.07, 6.45) is 3.21. The normalized spacial score (nSPS) is 19.5. The summed E-state index contributed by atoms with van der Waals surface area (Å²) in [5.41, 5.74) is 2.00. The van der Waals surface area contributed by atoms with Crippen molar-refractivity contribution in [1.29, 1.82) is 0 Å². The van der Waals surface area contributed by atoms with E-state index in [1.807, 2.05) is 19.1 Å². The van der Waals surface area contributed by atoms with Gasteiger partial charge in [-0.15, -0.1) is 0 Å². The zero-order chi connectivity index (χ0) is 13.8. The second-order valence-electron chi connectivity index (χ2n) is 4.69. The summed E-state index contributed by atoms with van der Waals surface area (Å²) in [5, 5.41) is 2.71. The number of rotatable bonds is 4. The Morgan fingerprint density at radius 2 is 2.21 bits per heavy atom. The highest BCUT2D eigenvalue weighted by atomic mass is 16.2. The van der Waals surface area contributed by atoms with Crippen LogP contribution in [0.4, 0.5) is 0 Å². The number of aryl methyl sites for hydroxylation is 1. The lowest BCUT2D eigenvalue weighted by molar-refractivity contribution is -0.145. The van der Waals surface area contributed by atoms with Gasteiger partial charge in [0.25, 0.3) is 0 Å². The number of pyridine rings is 1. The van der Waals surface area contributed by atoms with Gasteiger partial charge < -0.3 is 10.2 Å². The highest BCUT2D eigenvalue weighted by molar-refractivity contribution is 5.94. The Balaban J connectivity index is 2.17. The molecule has 1 saturated heterocycles. The number of piperazine rings is 1. The summed E-state index contributed by atoms with van der Waals surface area (Å²) < 4.78 is 0. The van der Waals surface area contributed by atoms with Gasteiger partial charge in [0.2, 0.25) is 11.8 Å². The molecule has 0 aliphatic carbocycles. The molecule has 0 spiro atoms. The van der Waals surface area contributed by atoms with E-state index in [-0.39, 0.29) is 18.4 Å². The highest BCUT2D eigenvalue weighted by Crippen LogP contribution is 2.13. The van der Waals surface area contributed by atoms with Crippen molar-refractivity contribution >= 4 is 11.8 Å². The van der Waals surface area contributed by atoms with Crippen molar-refractivity contribution in [2.45, 2.75) is 39.3 Å². The maximum Gasteiger partial charge on any atom is 0.245 e. The van der Waals surface area contributed by atoms with Crippen molar-refractivity contribution in [3.63, 3.8) is 0 Å². The van der Waals surface area contributed by atoms with Gasteiger partial charge in [-0.05, 0) is 24.5 Å². The number of hydrogen-bond donors (Lipinski definition) is 1. The predicted molar refractivity (Wildman–Crippen MR) is 71.3 cm³/mol. The molecule has 0 saturated carbocycles. The topological polar surface area (TPSA) is 62.3 Å². The standard InChI is InChI=1S/C14H19N3O2/c1-3-10-6-5-7-15-12(10)8-17-9-13(18)16-11(4-2)14(17)19/h5-7,11H,3-4,8-9H2,1-2H3,(H,16,18). The van der Waals surface area contributed by atoms with Crippen molar-refractivity contribution in [2.75, 3.05) is 6.54 Å². The number of nitrogens with zero attached hydrogens (tertiary/aromatic N) is 2. The van der Waals surface area contributed by atoms with E-state index in [1.54, 1.807) is 11.1 Å². The van der Waals surface area contributed by atoms with E-state index in [0.717, 1.165) is 17.7 Å². The number of nitrogens with one attached hydrogen (secondary N) is 1. The molecule has 1 aromatic rings. The van der Waals surface area contributed by atoms with E-state index in [0.29, 0.717) is 13.0 Å². The largest absolute Gasteiger partial charge is 0.343 e. The van der Waals surface area contributed by atoms with Gasteiger partial charge in [-0.1, -0.05) is 19.9 Å². The Labute approximate surface area is 113 Å². The molecule has 2 amide bonds. The molecule has 19 heavy (non-hydrogen) atoms. The zero-order valence-corrected chi connectivity index (χ0v) is 11.3. The van der Waals surface area contributed by atoms with Crippen LogP contribution in [0, 0.1) is 0 Å². The minimum Gasteiger partial charge on any atom is -0.343 e. The Morgan fingerprint density at radius 1 is 1.42 bits per heavy atom. The third-order valence-corrected chi connectivity index (χ3v) is 3.39. The maximum atomic E-state index is 12.2. The van der Waals surface area contributed by atoms with Gasteiger partial charge in [0.1, 0.15) is 12.6 Å². The first-order valence-electron chi connectivity index (χ1n) is 6.66. The Bertz CT molecular complexity index is 487. The number of hydrogen-bond acceptors (Lipinski definition) is 3. The monoisotopic (exact) mass is 261 g/mol. The van der Waals surface area contributed by atoms with Crippen LogP contribution in [0.1, 0.15) is 31.5 Å². The Morgan fingerprint density at radius 3 is 2.89 bits per heavy atom. The minimum atomic E-state index is -0.393. The fourth-order valence-corrected chi connectivity index (χ4v) is 2.30. The van der Waals surface area contributed by atoms with E-state index in [4.69, 9.17) is 0 Å². The van der Waals surface area contributed by atoms with Crippen LogP contribution in [0.5, 0.6) is 0 Å². The quantitative estimate of drug-likeness (QED) is 0.875. The van der Waals surface area contributed by atoms with Crippen molar-refractivity contribution in [3.05, 3.63) is 29.6 Å². The molecule has 5 heteroatoms. The van der Waals surface area contributed by atoms with Crippen molar-refractivity contribution < 1.29 is 9.59 Å². The molecule has 1 unspecified atom stereocenters. The van der Waals surface area contributed by atoms with Crippen LogP contribution in [-0.2, 0) is 22.6 Å². The van der Waals surface area contributed by atoms with Crippen molar-refractivity contribution in [2.24, 2.45) is 0 Å². The second-order valence-corrected chi connectivity index (χ2v) is 4.69. The molecule has 2 rings (SSSR count). The lowest BCUT2D eigenvalue weighted by Crippen LogP contribution is -2.57. The van der Waals surface area contributed by atoms with Gasteiger partial charge in [-0.3, -0.25) is 14.6 Å². The summed E-state index contributed by atoms with van der Waals surface area (Å²) in [6.45, 7) is 4.48. The first-order valence-corrected chi connectivity index (χ1v) is 6.66. The van der Waals surface area contributed by atoms with Crippen LogP contribution in [0.25, 0.3) is 0 Å². The molecule has 102 valence electrons. The van der Waals surface area contributed by atoms with Crippen LogP contribution in [0.3, 0.4) is 0 Å². The number of carbonyl (C=O) groups excluding carboxylic acids is 2. The molecule has 1 N–H and O–H groups in total. The van der Waals surface area contributed by atoms with Crippen LogP contribution in [-0.4, -0.2) is 34.3 Å². The predicted octanol–water partition coefficient (Wildman–Crippen LogP) is 0.881. The first-order chi connectivity index (χ1) is 9.15. The van der Waals surface area contributed by atoms with Gasteiger partial charge >= 0.3 is 0 Å². The van der Waals surface area contributed by atoms with Crippen LogP contribution in [0.2, 0.25) is 0 Å². The van der Waals surface area contributed by atoms with E-state index in [9.17, 15) is 9.59 Å². The molecule has 5 nitrogen and oxygen atoms in total. The molecule has 1 atom stereocenters. The van der Waals surface area contributed by atoms with Gasteiger partial charge in [-0.25, -0.2) is 0 Å². The van der Waals surface area contributed by atoms with Crippen molar-refractivity contribution in [3.8, 4) is 0 Å². The van der Waals surface area contributed by atoms with E-state index in [2.05, 4.69) is 17.2 Å². The third-order valence-electron chi connectivity index (χ3n) is 3.39. The van der Waals surface area contributed by atoms with E-state index >= 15 is 0 Å². The summed E-state index contributed by atoms with van der Waals surface area (Å²) >= 11 is 0. The highest BCUT2D eigenvalue weighted by Gasteiger charge is 2.31. The number of carbonyl (C=O) groups is 2. The zero-order valence-electron chi connectivity index (χ0n) is 11.3. The molecule has 2 heterocycles. The lowest BCUT2D eigenvalue weighted by atomic mass is 10.1. The first kappa shape index (κ1) is 13.5. The average molecular weight is 261 g/mol. The molecule has 0 aromatic carbocycles. The summed E-state index contributed by atoms with van der Waals surface area (Å²) in [5.74, 6) is -0.116. The molecule has 1 aliphatic rings. The van der Waals surface area contributed by atoms with Gasteiger partial charge in [-0.2, -0.15) is 0 Å². The molecule has 0 radical (unpaired) electrons. The van der Waals surface area contributed by atoms with Crippen LogP contribution < -0.4 is 5.32 Å². The van der Waals surface area contributed by atoms with Gasteiger partial charge in [0.05, 0.1) is 12.2 Å².